The molecule has 6 heteroatoms. The van der Waals surface area contributed by atoms with Gasteiger partial charge in [-0.25, -0.2) is 15.0 Å². The fourth-order valence-electron chi connectivity index (χ4n) is 0.752. The van der Waals surface area contributed by atoms with Crippen molar-refractivity contribution >= 4 is 23.3 Å². The summed E-state index contributed by atoms with van der Waals surface area (Å²) in [4.78, 5) is 10.7. The van der Waals surface area contributed by atoms with E-state index in [2.05, 4.69) is 5.32 Å². The highest BCUT2D eigenvalue weighted by Crippen LogP contribution is 2.19. The van der Waals surface area contributed by atoms with Gasteiger partial charge in [-0.3, -0.25) is 5.43 Å². The van der Waals surface area contributed by atoms with Gasteiger partial charge in [-0.05, 0) is 18.2 Å². The monoisotopic (exact) mass is 203 g/mol. The molecular formula is C7H7ClFN3O. The van der Waals surface area contributed by atoms with Crippen LogP contribution in [0.25, 0.3) is 0 Å². The number of hydrazine groups is 1. The normalized spacial score (nSPS) is 9.46. The zero-order valence-corrected chi connectivity index (χ0v) is 7.23. The first-order valence-electron chi connectivity index (χ1n) is 3.36. The van der Waals surface area contributed by atoms with Crippen LogP contribution in [0.3, 0.4) is 0 Å². The Kier molecular flexibility index (Phi) is 3.05. The van der Waals surface area contributed by atoms with Crippen LogP contribution >= 0.6 is 11.6 Å². The van der Waals surface area contributed by atoms with E-state index in [9.17, 15) is 9.18 Å². The van der Waals surface area contributed by atoms with E-state index >= 15 is 0 Å². The fraction of sp³-hybridized carbons (Fsp3) is 0. The molecule has 0 aliphatic rings. The number of halogens is 2. The van der Waals surface area contributed by atoms with Crippen LogP contribution in [-0.2, 0) is 0 Å². The Bertz CT molecular complexity index is 332. The standard InChI is InChI=1S/C7H7ClFN3O/c8-4-1-2-5(9)6(3-4)11-7(13)12-10/h1-3H,10H2,(H2,11,12,13). The number of urea groups is 1. The average Bonchev–Trinajstić information content (AvgIpc) is 2.11. The highest BCUT2D eigenvalue weighted by Gasteiger charge is 2.05. The molecule has 0 spiro atoms. The molecule has 4 nitrogen and oxygen atoms in total. The molecule has 0 unspecified atom stereocenters. The first kappa shape index (κ1) is 9.76. The predicted molar refractivity (Wildman–Crippen MR) is 47.8 cm³/mol. The minimum absolute atomic E-state index is 0.0181. The van der Waals surface area contributed by atoms with Crippen molar-refractivity contribution in [2.24, 2.45) is 5.84 Å². The molecule has 0 atom stereocenters. The van der Waals surface area contributed by atoms with Gasteiger partial charge in [0.15, 0.2) is 0 Å². The van der Waals surface area contributed by atoms with E-state index in [-0.39, 0.29) is 5.69 Å². The summed E-state index contributed by atoms with van der Waals surface area (Å²) in [5.74, 6) is 4.21. The minimum Gasteiger partial charge on any atom is -0.304 e. The largest absolute Gasteiger partial charge is 0.333 e. The van der Waals surface area contributed by atoms with Crippen LogP contribution in [0.1, 0.15) is 0 Å². The Morgan fingerprint density at radius 1 is 1.54 bits per heavy atom. The Morgan fingerprint density at radius 2 is 2.23 bits per heavy atom. The van der Waals surface area contributed by atoms with Crippen LogP contribution in [-0.4, -0.2) is 6.03 Å². The molecule has 1 rings (SSSR count). The lowest BCUT2D eigenvalue weighted by Gasteiger charge is -2.05. The zero-order valence-electron chi connectivity index (χ0n) is 6.47. The highest BCUT2D eigenvalue weighted by atomic mass is 35.5. The number of benzene rings is 1. The summed E-state index contributed by atoms with van der Waals surface area (Å²) in [5, 5.41) is 2.49. The van der Waals surface area contributed by atoms with Gasteiger partial charge in [-0.15, -0.1) is 0 Å². The van der Waals surface area contributed by atoms with Gasteiger partial charge < -0.3 is 5.32 Å². The van der Waals surface area contributed by atoms with Gasteiger partial charge in [0, 0.05) is 5.02 Å². The van der Waals surface area contributed by atoms with Crippen molar-refractivity contribution in [1.82, 2.24) is 5.43 Å². The van der Waals surface area contributed by atoms with Crippen LogP contribution in [0.15, 0.2) is 18.2 Å². The molecule has 1 aromatic rings. The third-order valence-electron chi connectivity index (χ3n) is 1.31. The molecule has 0 fully saturated rings. The molecule has 0 aliphatic carbocycles. The van der Waals surface area contributed by atoms with Gasteiger partial charge in [0.2, 0.25) is 0 Å². The van der Waals surface area contributed by atoms with E-state index in [1.807, 2.05) is 0 Å². The van der Waals surface area contributed by atoms with Crippen LogP contribution < -0.4 is 16.6 Å². The minimum atomic E-state index is -0.707. The number of hydrogen-bond donors (Lipinski definition) is 3. The van der Waals surface area contributed by atoms with Crippen molar-refractivity contribution in [2.75, 3.05) is 5.32 Å². The third kappa shape index (κ3) is 2.57. The molecule has 0 saturated heterocycles. The molecule has 4 N–H and O–H groups in total. The second kappa shape index (κ2) is 4.06. The van der Waals surface area contributed by atoms with E-state index in [0.29, 0.717) is 5.02 Å². The van der Waals surface area contributed by atoms with Crippen LogP contribution in [0.4, 0.5) is 14.9 Å². The van der Waals surface area contributed by atoms with Gasteiger partial charge >= 0.3 is 6.03 Å². The van der Waals surface area contributed by atoms with Gasteiger partial charge in [-0.2, -0.15) is 0 Å². The second-order valence-corrected chi connectivity index (χ2v) is 2.66. The lowest BCUT2D eigenvalue weighted by molar-refractivity contribution is 0.252. The van der Waals surface area contributed by atoms with E-state index < -0.39 is 11.8 Å². The number of anilines is 1. The second-order valence-electron chi connectivity index (χ2n) is 2.22. The van der Waals surface area contributed by atoms with Crippen molar-refractivity contribution in [3.63, 3.8) is 0 Å². The number of nitrogens with two attached hydrogens (primary N) is 1. The Hall–Kier alpha value is -1.33. The van der Waals surface area contributed by atoms with Crippen molar-refractivity contribution in [1.29, 1.82) is 0 Å². The molecule has 0 heterocycles. The number of rotatable bonds is 1. The van der Waals surface area contributed by atoms with Gasteiger partial charge in [0.1, 0.15) is 5.82 Å². The van der Waals surface area contributed by atoms with E-state index in [1.165, 1.54) is 12.1 Å². The van der Waals surface area contributed by atoms with Gasteiger partial charge in [-0.1, -0.05) is 11.6 Å². The smallest absolute Gasteiger partial charge is 0.304 e. The molecule has 0 aromatic heterocycles. The van der Waals surface area contributed by atoms with Crippen molar-refractivity contribution in [3.05, 3.63) is 29.0 Å². The molecule has 1 aromatic carbocycles. The Labute approximate surface area is 78.8 Å². The summed E-state index contributed by atoms with van der Waals surface area (Å²) in [6.07, 6.45) is 0. The molecule has 0 saturated carbocycles. The quantitative estimate of drug-likeness (QED) is 0.368. The highest BCUT2D eigenvalue weighted by molar-refractivity contribution is 6.30. The molecule has 0 radical (unpaired) electrons. The zero-order chi connectivity index (χ0) is 9.84. The fourth-order valence-corrected chi connectivity index (χ4v) is 0.924. The van der Waals surface area contributed by atoms with Crippen LogP contribution in [0, 0.1) is 5.82 Å². The number of carbonyl (C=O) groups is 1. The van der Waals surface area contributed by atoms with E-state index in [1.54, 1.807) is 5.43 Å². The number of hydrogen-bond acceptors (Lipinski definition) is 2. The third-order valence-corrected chi connectivity index (χ3v) is 1.54. The summed E-state index contributed by atoms with van der Waals surface area (Å²) in [6.45, 7) is 0. The molecule has 0 aliphatic heterocycles. The number of amides is 2. The SMILES string of the molecule is NNC(=O)Nc1cc(Cl)ccc1F. The molecule has 0 bridgehead atoms. The maximum atomic E-state index is 12.9. The number of nitrogens with one attached hydrogen (secondary N) is 2. The predicted octanol–water partition coefficient (Wildman–Crippen LogP) is 1.47. The van der Waals surface area contributed by atoms with Crippen LogP contribution in [0.2, 0.25) is 5.02 Å². The first-order chi connectivity index (χ1) is 6.13. The summed E-state index contributed by atoms with van der Waals surface area (Å²) in [7, 11) is 0. The summed E-state index contributed by atoms with van der Waals surface area (Å²) < 4.78 is 12.9. The van der Waals surface area contributed by atoms with Crippen LogP contribution in [0.5, 0.6) is 0 Å². The molecule has 13 heavy (non-hydrogen) atoms. The summed E-state index contributed by atoms with van der Waals surface area (Å²) in [5.41, 5.74) is 1.78. The number of carbonyl (C=O) groups excluding carboxylic acids is 1. The maximum Gasteiger partial charge on any atom is 0.333 e. The van der Waals surface area contributed by atoms with E-state index in [4.69, 9.17) is 17.4 Å². The topological polar surface area (TPSA) is 67.1 Å². The van der Waals surface area contributed by atoms with Crippen molar-refractivity contribution < 1.29 is 9.18 Å². The maximum absolute atomic E-state index is 12.9. The van der Waals surface area contributed by atoms with Crippen molar-refractivity contribution in [2.45, 2.75) is 0 Å². The molecule has 2 amide bonds. The first-order valence-corrected chi connectivity index (χ1v) is 3.74. The molecular weight excluding hydrogens is 197 g/mol. The Balaban J connectivity index is 2.87. The average molecular weight is 204 g/mol. The summed E-state index contributed by atoms with van der Waals surface area (Å²) in [6, 6.07) is 3.10. The van der Waals surface area contributed by atoms with Crippen molar-refractivity contribution in [3.8, 4) is 0 Å². The molecule has 70 valence electrons. The summed E-state index contributed by atoms with van der Waals surface area (Å²) >= 11 is 5.57. The van der Waals surface area contributed by atoms with Gasteiger partial charge in [0.25, 0.3) is 0 Å². The van der Waals surface area contributed by atoms with Gasteiger partial charge in [0.05, 0.1) is 5.69 Å². The lowest BCUT2D eigenvalue weighted by Crippen LogP contribution is -2.34. The lowest BCUT2D eigenvalue weighted by atomic mass is 10.3. The Morgan fingerprint density at radius 3 is 2.85 bits per heavy atom. The van der Waals surface area contributed by atoms with E-state index in [0.717, 1.165) is 6.07 Å².